The fourth-order valence-electron chi connectivity index (χ4n) is 2.72. The molecule has 0 amide bonds. The van der Waals surface area contributed by atoms with Crippen molar-refractivity contribution in [1.29, 1.82) is 0 Å². The number of halogens is 3. The predicted octanol–water partition coefficient (Wildman–Crippen LogP) is 3.90. The smallest absolute Gasteiger partial charge is 0.399 e. The summed E-state index contributed by atoms with van der Waals surface area (Å²) in [4.78, 5) is 7.29. The van der Waals surface area contributed by atoms with Gasteiger partial charge < -0.3 is 14.6 Å². The van der Waals surface area contributed by atoms with Crippen molar-refractivity contribution in [3.05, 3.63) is 41.5 Å². The van der Waals surface area contributed by atoms with E-state index in [4.69, 9.17) is 9.31 Å². The molecule has 1 aliphatic heterocycles. The van der Waals surface area contributed by atoms with Gasteiger partial charge in [-0.3, -0.25) is 0 Å². The molecule has 1 aliphatic rings. The summed E-state index contributed by atoms with van der Waals surface area (Å²) in [5.74, 6) is -1.25. The number of hydrogen-bond donors (Lipinski definition) is 1. The molecule has 144 valence electrons. The highest BCUT2D eigenvalue weighted by Crippen LogP contribution is 2.36. The Morgan fingerprint density at radius 3 is 2.30 bits per heavy atom. The number of nitrogens with zero attached hydrogens (tertiary/aromatic N) is 2. The quantitative estimate of drug-likeness (QED) is 0.817. The normalized spacial score (nSPS) is 18.2. The number of alkyl halides is 2. The summed E-state index contributed by atoms with van der Waals surface area (Å²) >= 11 is 0. The molecule has 1 fully saturated rings. The van der Waals surface area contributed by atoms with Gasteiger partial charge in [0.1, 0.15) is 5.69 Å². The van der Waals surface area contributed by atoms with E-state index in [0.717, 1.165) is 17.2 Å². The summed E-state index contributed by atoms with van der Waals surface area (Å²) < 4.78 is 51.1. The van der Waals surface area contributed by atoms with Gasteiger partial charge in [-0.25, -0.2) is 23.1 Å². The Labute approximate surface area is 156 Å². The van der Waals surface area contributed by atoms with E-state index in [0.29, 0.717) is 5.69 Å². The van der Waals surface area contributed by atoms with Gasteiger partial charge in [0.25, 0.3) is 6.43 Å². The first kappa shape index (κ1) is 19.6. The van der Waals surface area contributed by atoms with Crippen LogP contribution < -0.4 is 10.8 Å². The Balaban J connectivity index is 1.88. The standard InChI is InChI=1S/C18H21BF3N3O2/c1-10-6-11(19-26-17(2,3)18(4,5)27-19)8-12(7-10)24-16-23-9-13(20)14(25-16)15(21)22/h6-9,15H,1-5H3,(H,23,24,25). The molecule has 1 N–H and O–H groups in total. The Bertz CT molecular complexity index is 846. The minimum atomic E-state index is -3.02. The van der Waals surface area contributed by atoms with Gasteiger partial charge in [0.15, 0.2) is 5.82 Å². The molecule has 3 rings (SSSR count). The molecule has 0 spiro atoms. The molecule has 0 saturated carbocycles. The van der Waals surface area contributed by atoms with Crippen LogP contribution in [0.15, 0.2) is 24.4 Å². The van der Waals surface area contributed by atoms with E-state index in [-0.39, 0.29) is 5.95 Å². The van der Waals surface area contributed by atoms with Gasteiger partial charge in [-0.1, -0.05) is 6.07 Å². The van der Waals surface area contributed by atoms with Crippen molar-refractivity contribution >= 4 is 24.2 Å². The summed E-state index contributed by atoms with van der Waals surface area (Å²) in [7, 11) is -0.568. The van der Waals surface area contributed by atoms with Gasteiger partial charge in [-0.15, -0.1) is 0 Å². The zero-order valence-electron chi connectivity index (χ0n) is 15.8. The molecule has 0 unspecified atom stereocenters. The molecule has 0 aliphatic carbocycles. The second kappa shape index (κ2) is 6.80. The van der Waals surface area contributed by atoms with E-state index in [1.54, 1.807) is 12.1 Å². The zero-order valence-corrected chi connectivity index (χ0v) is 15.8. The third-order valence-electron chi connectivity index (χ3n) is 4.86. The fourth-order valence-corrected chi connectivity index (χ4v) is 2.72. The van der Waals surface area contributed by atoms with Crippen molar-refractivity contribution in [2.75, 3.05) is 5.32 Å². The molecule has 0 bridgehead atoms. The van der Waals surface area contributed by atoms with Gasteiger partial charge in [-0.2, -0.15) is 0 Å². The zero-order chi connectivity index (χ0) is 20.0. The largest absolute Gasteiger partial charge is 0.494 e. The first-order chi connectivity index (χ1) is 12.5. The summed E-state index contributed by atoms with van der Waals surface area (Å²) in [6, 6.07) is 5.48. The number of benzene rings is 1. The van der Waals surface area contributed by atoms with E-state index in [2.05, 4.69) is 15.3 Å². The minimum Gasteiger partial charge on any atom is -0.399 e. The van der Waals surface area contributed by atoms with Crippen LogP contribution in [0, 0.1) is 12.7 Å². The van der Waals surface area contributed by atoms with Gasteiger partial charge >= 0.3 is 7.12 Å². The number of aromatic nitrogens is 2. The Hall–Kier alpha value is -2.13. The van der Waals surface area contributed by atoms with E-state index < -0.39 is 36.3 Å². The summed E-state index contributed by atoms with van der Waals surface area (Å²) in [5.41, 5.74) is 0.328. The number of hydrogen-bond acceptors (Lipinski definition) is 5. The van der Waals surface area contributed by atoms with Gasteiger partial charge in [0.05, 0.1) is 17.4 Å². The number of rotatable bonds is 4. The highest BCUT2D eigenvalue weighted by atomic mass is 19.3. The predicted molar refractivity (Wildman–Crippen MR) is 97.1 cm³/mol. The topological polar surface area (TPSA) is 56.3 Å². The minimum absolute atomic E-state index is 0.114. The second-order valence-electron chi connectivity index (χ2n) is 7.57. The van der Waals surface area contributed by atoms with Crippen LogP contribution in [0.2, 0.25) is 0 Å². The van der Waals surface area contributed by atoms with Crippen molar-refractivity contribution in [2.45, 2.75) is 52.2 Å². The number of nitrogens with one attached hydrogen (secondary N) is 1. The van der Waals surface area contributed by atoms with E-state index in [1.807, 2.05) is 40.7 Å². The van der Waals surface area contributed by atoms with Crippen LogP contribution in [0.5, 0.6) is 0 Å². The van der Waals surface area contributed by atoms with E-state index in [1.165, 1.54) is 0 Å². The van der Waals surface area contributed by atoms with E-state index in [9.17, 15) is 13.2 Å². The monoisotopic (exact) mass is 379 g/mol. The second-order valence-corrected chi connectivity index (χ2v) is 7.57. The van der Waals surface area contributed by atoms with Crippen molar-refractivity contribution < 1.29 is 22.5 Å². The van der Waals surface area contributed by atoms with Crippen LogP contribution in [0.1, 0.15) is 45.4 Å². The summed E-state index contributed by atoms with van der Waals surface area (Å²) in [6.45, 7) is 9.72. The van der Waals surface area contributed by atoms with Crippen LogP contribution >= 0.6 is 0 Å². The molecule has 0 atom stereocenters. The Morgan fingerprint density at radius 2 is 1.70 bits per heavy atom. The lowest BCUT2D eigenvalue weighted by Crippen LogP contribution is -2.41. The average Bonchev–Trinajstić information content (AvgIpc) is 2.76. The lowest BCUT2D eigenvalue weighted by molar-refractivity contribution is 0.00578. The number of aryl methyl sites for hydroxylation is 1. The third kappa shape index (κ3) is 3.94. The van der Waals surface area contributed by atoms with Crippen LogP contribution in [-0.4, -0.2) is 28.3 Å². The maximum atomic E-state index is 13.4. The lowest BCUT2D eigenvalue weighted by Gasteiger charge is -2.32. The lowest BCUT2D eigenvalue weighted by atomic mass is 9.78. The Kier molecular flexibility index (Phi) is 4.94. The van der Waals surface area contributed by atoms with Crippen molar-refractivity contribution in [2.24, 2.45) is 0 Å². The molecule has 5 nitrogen and oxygen atoms in total. The SMILES string of the molecule is Cc1cc(Nc2ncc(F)c(C(F)F)n2)cc(B2OC(C)(C)C(C)(C)O2)c1. The summed E-state index contributed by atoms with van der Waals surface area (Å²) in [5, 5.41) is 2.84. The molecule has 2 heterocycles. The fraction of sp³-hybridized carbons (Fsp3) is 0.444. The number of anilines is 2. The molecular formula is C18H21BF3N3O2. The molecule has 27 heavy (non-hydrogen) atoms. The van der Waals surface area contributed by atoms with Gasteiger partial charge in [0.2, 0.25) is 5.95 Å². The molecule has 9 heteroatoms. The van der Waals surface area contributed by atoms with Crippen LogP contribution in [0.25, 0.3) is 0 Å². The summed E-state index contributed by atoms with van der Waals surface area (Å²) in [6.07, 6.45) is -2.30. The maximum Gasteiger partial charge on any atom is 0.494 e. The van der Waals surface area contributed by atoms with Crippen molar-refractivity contribution in [3.63, 3.8) is 0 Å². The first-order valence-corrected chi connectivity index (χ1v) is 8.53. The molecular weight excluding hydrogens is 358 g/mol. The van der Waals surface area contributed by atoms with Crippen LogP contribution in [-0.2, 0) is 9.31 Å². The average molecular weight is 379 g/mol. The van der Waals surface area contributed by atoms with Crippen LogP contribution in [0.3, 0.4) is 0 Å². The highest BCUT2D eigenvalue weighted by Gasteiger charge is 2.51. The van der Waals surface area contributed by atoms with Gasteiger partial charge in [-0.05, 0) is 57.8 Å². The van der Waals surface area contributed by atoms with E-state index >= 15 is 0 Å². The van der Waals surface area contributed by atoms with Crippen molar-refractivity contribution in [1.82, 2.24) is 9.97 Å². The highest BCUT2D eigenvalue weighted by molar-refractivity contribution is 6.62. The maximum absolute atomic E-state index is 13.4. The Morgan fingerprint density at radius 1 is 1.07 bits per heavy atom. The third-order valence-corrected chi connectivity index (χ3v) is 4.86. The molecule has 0 radical (unpaired) electrons. The first-order valence-electron chi connectivity index (χ1n) is 8.53. The molecule has 2 aromatic rings. The van der Waals surface area contributed by atoms with Crippen molar-refractivity contribution in [3.8, 4) is 0 Å². The molecule has 1 aromatic heterocycles. The van der Waals surface area contributed by atoms with Gasteiger partial charge in [0, 0.05) is 5.69 Å². The van der Waals surface area contributed by atoms with Crippen LogP contribution in [0.4, 0.5) is 24.8 Å². The molecule has 1 saturated heterocycles. The molecule has 1 aromatic carbocycles.